The van der Waals surface area contributed by atoms with Crippen LogP contribution in [0.5, 0.6) is 5.75 Å². The van der Waals surface area contributed by atoms with Crippen molar-refractivity contribution in [2.75, 3.05) is 6.54 Å². The molecular weight excluding hydrogens is 262 g/mol. The van der Waals surface area contributed by atoms with Crippen molar-refractivity contribution in [3.05, 3.63) is 29.8 Å². The number of hydrogen-bond acceptors (Lipinski definition) is 2. The summed E-state index contributed by atoms with van der Waals surface area (Å²) in [6.45, 7) is 0.830. The van der Waals surface area contributed by atoms with Crippen LogP contribution in [0.15, 0.2) is 24.3 Å². The molecular formula is C18H23NO2. The number of benzene rings is 1. The van der Waals surface area contributed by atoms with Crippen molar-refractivity contribution in [3.8, 4) is 5.75 Å². The molecule has 0 spiro atoms. The summed E-state index contributed by atoms with van der Waals surface area (Å²) in [6, 6.07) is 6.51. The molecule has 0 heterocycles. The first-order valence-corrected chi connectivity index (χ1v) is 8.19. The maximum atomic E-state index is 12.3. The summed E-state index contributed by atoms with van der Waals surface area (Å²) in [5, 5.41) is 12.4. The standard InChI is InChI=1S/C18H23NO2/c20-16-3-1-15(2-4-16)17(21)19-11-18-8-12-5-13(9-18)7-14(6-12)10-18/h1-4,12-14,20H,5-11H2,(H,19,21). The topological polar surface area (TPSA) is 49.3 Å². The van der Waals surface area contributed by atoms with Crippen LogP contribution in [0.25, 0.3) is 0 Å². The van der Waals surface area contributed by atoms with E-state index in [-0.39, 0.29) is 11.7 Å². The molecule has 1 aromatic rings. The molecule has 1 aromatic carbocycles. The van der Waals surface area contributed by atoms with Crippen LogP contribution in [0.1, 0.15) is 48.9 Å². The molecule has 112 valence electrons. The minimum atomic E-state index is -0.00857. The Labute approximate surface area is 125 Å². The van der Waals surface area contributed by atoms with E-state index < -0.39 is 0 Å². The third-order valence-corrected chi connectivity index (χ3v) is 5.92. The van der Waals surface area contributed by atoms with Crippen LogP contribution < -0.4 is 5.32 Å². The van der Waals surface area contributed by atoms with Crippen molar-refractivity contribution in [2.24, 2.45) is 23.2 Å². The first kappa shape index (κ1) is 13.2. The van der Waals surface area contributed by atoms with Gasteiger partial charge in [-0.2, -0.15) is 0 Å². The molecule has 0 aliphatic heterocycles. The van der Waals surface area contributed by atoms with Crippen LogP contribution in [0.4, 0.5) is 0 Å². The number of nitrogens with one attached hydrogen (secondary N) is 1. The minimum absolute atomic E-state index is 0.00857. The molecule has 0 atom stereocenters. The van der Waals surface area contributed by atoms with E-state index in [2.05, 4.69) is 5.32 Å². The normalized spacial score (nSPS) is 36.7. The molecule has 4 bridgehead atoms. The first-order chi connectivity index (χ1) is 10.1. The predicted octanol–water partition coefficient (Wildman–Crippen LogP) is 3.34. The van der Waals surface area contributed by atoms with Crippen molar-refractivity contribution in [3.63, 3.8) is 0 Å². The molecule has 0 saturated heterocycles. The van der Waals surface area contributed by atoms with Crippen molar-refractivity contribution < 1.29 is 9.90 Å². The van der Waals surface area contributed by atoms with Crippen LogP contribution >= 0.6 is 0 Å². The van der Waals surface area contributed by atoms with Gasteiger partial charge >= 0.3 is 0 Å². The molecule has 0 radical (unpaired) electrons. The summed E-state index contributed by atoms with van der Waals surface area (Å²) in [5.41, 5.74) is 1.01. The monoisotopic (exact) mass is 285 g/mol. The molecule has 0 unspecified atom stereocenters. The lowest BCUT2D eigenvalue weighted by Gasteiger charge is -2.56. The van der Waals surface area contributed by atoms with E-state index in [1.165, 1.54) is 38.5 Å². The fourth-order valence-corrected chi connectivity index (χ4v) is 5.49. The third kappa shape index (κ3) is 2.43. The lowest BCUT2D eigenvalue weighted by Crippen LogP contribution is -2.51. The Morgan fingerprint density at radius 2 is 1.57 bits per heavy atom. The summed E-state index contributed by atoms with van der Waals surface area (Å²) in [7, 11) is 0. The van der Waals surface area contributed by atoms with Gasteiger partial charge in [0.2, 0.25) is 0 Å². The van der Waals surface area contributed by atoms with Gasteiger partial charge in [-0.3, -0.25) is 4.79 Å². The SMILES string of the molecule is O=C(NCC12CC3CC(CC(C3)C1)C2)c1ccc(O)cc1. The minimum Gasteiger partial charge on any atom is -0.508 e. The van der Waals surface area contributed by atoms with Gasteiger partial charge in [0, 0.05) is 12.1 Å². The van der Waals surface area contributed by atoms with Gasteiger partial charge in [-0.05, 0) is 86.0 Å². The number of aromatic hydroxyl groups is 1. The first-order valence-electron chi connectivity index (χ1n) is 8.19. The number of amides is 1. The molecule has 4 aliphatic carbocycles. The van der Waals surface area contributed by atoms with Crippen molar-refractivity contribution in [1.29, 1.82) is 0 Å². The maximum Gasteiger partial charge on any atom is 0.251 e. The smallest absolute Gasteiger partial charge is 0.251 e. The third-order valence-electron chi connectivity index (χ3n) is 5.92. The van der Waals surface area contributed by atoms with Crippen LogP contribution in [-0.2, 0) is 0 Å². The fraction of sp³-hybridized carbons (Fsp3) is 0.611. The summed E-state index contributed by atoms with van der Waals surface area (Å²) < 4.78 is 0. The Kier molecular flexibility index (Phi) is 2.98. The van der Waals surface area contributed by atoms with Crippen LogP contribution in [-0.4, -0.2) is 17.6 Å². The lowest BCUT2D eigenvalue weighted by molar-refractivity contribution is -0.0503. The Morgan fingerprint density at radius 1 is 1.05 bits per heavy atom. The van der Waals surface area contributed by atoms with E-state index in [1.807, 2.05) is 0 Å². The molecule has 0 aromatic heterocycles. The Balaban J connectivity index is 1.42. The number of phenolic OH excluding ortho intramolecular Hbond substituents is 1. The second kappa shape index (κ2) is 4.75. The molecule has 4 fully saturated rings. The number of carbonyl (C=O) groups is 1. The highest BCUT2D eigenvalue weighted by atomic mass is 16.3. The van der Waals surface area contributed by atoms with Crippen LogP contribution in [0, 0.1) is 23.2 Å². The highest BCUT2D eigenvalue weighted by molar-refractivity contribution is 5.94. The van der Waals surface area contributed by atoms with Crippen molar-refractivity contribution >= 4 is 5.91 Å². The van der Waals surface area contributed by atoms with E-state index in [0.717, 1.165) is 24.3 Å². The van der Waals surface area contributed by atoms with E-state index in [4.69, 9.17) is 0 Å². The fourth-order valence-electron chi connectivity index (χ4n) is 5.49. The van der Waals surface area contributed by atoms with E-state index >= 15 is 0 Å². The van der Waals surface area contributed by atoms with E-state index in [1.54, 1.807) is 24.3 Å². The maximum absolute atomic E-state index is 12.3. The molecule has 1 amide bonds. The Bertz CT molecular complexity index is 514. The van der Waals surface area contributed by atoms with Gasteiger partial charge in [0.15, 0.2) is 0 Å². The molecule has 3 heteroatoms. The second-order valence-electron chi connectivity index (χ2n) is 7.65. The van der Waals surface area contributed by atoms with Crippen LogP contribution in [0.3, 0.4) is 0 Å². The summed E-state index contributed by atoms with van der Waals surface area (Å²) in [4.78, 5) is 12.3. The number of hydrogen-bond donors (Lipinski definition) is 2. The van der Waals surface area contributed by atoms with Crippen molar-refractivity contribution in [2.45, 2.75) is 38.5 Å². The highest BCUT2D eigenvalue weighted by Crippen LogP contribution is 2.59. The van der Waals surface area contributed by atoms with Gasteiger partial charge < -0.3 is 10.4 Å². The average molecular weight is 285 g/mol. The molecule has 4 saturated carbocycles. The number of phenols is 1. The Morgan fingerprint density at radius 3 is 2.10 bits per heavy atom. The Hall–Kier alpha value is -1.51. The molecule has 3 nitrogen and oxygen atoms in total. The molecule has 4 aliphatic rings. The summed E-state index contributed by atoms with van der Waals surface area (Å²) >= 11 is 0. The van der Waals surface area contributed by atoms with Gasteiger partial charge in [0.05, 0.1) is 0 Å². The largest absolute Gasteiger partial charge is 0.508 e. The lowest BCUT2D eigenvalue weighted by atomic mass is 9.49. The molecule has 5 rings (SSSR count). The van der Waals surface area contributed by atoms with E-state index in [9.17, 15) is 9.90 Å². The molecule has 2 N–H and O–H groups in total. The van der Waals surface area contributed by atoms with Crippen molar-refractivity contribution in [1.82, 2.24) is 5.32 Å². The molecule has 21 heavy (non-hydrogen) atoms. The van der Waals surface area contributed by atoms with Gasteiger partial charge in [-0.15, -0.1) is 0 Å². The predicted molar refractivity (Wildman–Crippen MR) is 81.0 cm³/mol. The van der Waals surface area contributed by atoms with Gasteiger partial charge in [0.1, 0.15) is 5.75 Å². The zero-order valence-corrected chi connectivity index (χ0v) is 12.3. The van der Waals surface area contributed by atoms with E-state index in [0.29, 0.717) is 11.0 Å². The van der Waals surface area contributed by atoms with Crippen LogP contribution in [0.2, 0.25) is 0 Å². The number of carbonyl (C=O) groups excluding carboxylic acids is 1. The van der Waals surface area contributed by atoms with Gasteiger partial charge in [0.25, 0.3) is 5.91 Å². The summed E-state index contributed by atoms with van der Waals surface area (Å²) in [5.74, 6) is 2.95. The number of rotatable bonds is 3. The quantitative estimate of drug-likeness (QED) is 0.895. The second-order valence-corrected chi connectivity index (χ2v) is 7.65. The zero-order chi connectivity index (χ0) is 14.4. The summed E-state index contributed by atoms with van der Waals surface area (Å²) in [6.07, 6.45) is 8.25. The average Bonchev–Trinajstić information content (AvgIpc) is 2.44. The van der Waals surface area contributed by atoms with Gasteiger partial charge in [-0.25, -0.2) is 0 Å². The van der Waals surface area contributed by atoms with Gasteiger partial charge in [-0.1, -0.05) is 0 Å². The highest BCUT2D eigenvalue weighted by Gasteiger charge is 2.50. The zero-order valence-electron chi connectivity index (χ0n) is 12.3.